The summed E-state index contributed by atoms with van der Waals surface area (Å²) in [5.41, 5.74) is 1.92. The van der Waals surface area contributed by atoms with E-state index in [1.54, 1.807) is 42.5 Å². The fraction of sp³-hybridized carbons (Fsp3) is 0.167. The Balaban J connectivity index is 1.58. The molecule has 34 heavy (non-hydrogen) atoms. The molecule has 0 radical (unpaired) electrons. The summed E-state index contributed by atoms with van der Waals surface area (Å²) in [6.45, 7) is 1.36. The summed E-state index contributed by atoms with van der Waals surface area (Å²) in [5, 5.41) is 2.59. The minimum atomic E-state index is -3.83. The number of aryl methyl sites for hydroxylation is 1. The van der Waals surface area contributed by atoms with E-state index in [0.29, 0.717) is 22.9 Å². The minimum Gasteiger partial charge on any atom is -0.497 e. The number of amides is 1. The molecule has 3 rings (SSSR count). The number of carbonyl (C=O) groups is 2. The molecule has 0 aliphatic heterocycles. The molecule has 0 bridgehead atoms. The van der Waals surface area contributed by atoms with Crippen molar-refractivity contribution in [2.45, 2.75) is 11.8 Å². The molecule has 1 amide bonds. The predicted molar refractivity (Wildman–Crippen MR) is 127 cm³/mol. The number of nitrogens with one attached hydrogen (secondary N) is 2. The highest BCUT2D eigenvalue weighted by atomic mass is 32.2. The average Bonchev–Trinajstić information content (AvgIpc) is 2.84. The maximum atomic E-state index is 12.6. The Morgan fingerprint density at radius 1 is 0.882 bits per heavy atom. The van der Waals surface area contributed by atoms with Gasteiger partial charge in [-0.1, -0.05) is 17.7 Å². The van der Waals surface area contributed by atoms with Gasteiger partial charge in [-0.15, -0.1) is 0 Å². The Morgan fingerprint density at radius 3 is 2.18 bits per heavy atom. The fourth-order valence-electron chi connectivity index (χ4n) is 2.91. The molecule has 0 aliphatic carbocycles. The highest BCUT2D eigenvalue weighted by Gasteiger charge is 2.17. The summed E-state index contributed by atoms with van der Waals surface area (Å²) in [6, 6.07) is 16.9. The van der Waals surface area contributed by atoms with Crippen LogP contribution < -0.4 is 19.5 Å². The van der Waals surface area contributed by atoms with Gasteiger partial charge in [0.15, 0.2) is 6.61 Å². The molecule has 0 heterocycles. The molecule has 3 aromatic carbocycles. The summed E-state index contributed by atoms with van der Waals surface area (Å²) in [5.74, 6) is -0.401. The maximum absolute atomic E-state index is 12.6. The van der Waals surface area contributed by atoms with Crippen LogP contribution in [0.25, 0.3) is 0 Å². The lowest BCUT2D eigenvalue weighted by atomic mass is 10.2. The molecule has 178 valence electrons. The van der Waals surface area contributed by atoms with E-state index in [-0.39, 0.29) is 10.5 Å². The van der Waals surface area contributed by atoms with Crippen LogP contribution in [0, 0.1) is 6.92 Å². The highest BCUT2D eigenvalue weighted by molar-refractivity contribution is 7.92. The van der Waals surface area contributed by atoms with Crippen LogP contribution in [0.2, 0.25) is 0 Å². The zero-order chi connectivity index (χ0) is 24.7. The second kappa shape index (κ2) is 10.7. The quantitative estimate of drug-likeness (QED) is 0.445. The van der Waals surface area contributed by atoms with E-state index in [4.69, 9.17) is 14.2 Å². The smallest absolute Gasteiger partial charge is 0.338 e. The van der Waals surface area contributed by atoms with Gasteiger partial charge in [-0.3, -0.25) is 9.52 Å². The zero-order valence-electron chi connectivity index (χ0n) is 18.8. The highest BCUT2D eigenvalue weighted by Crippen LogP contribution is 2.29. The molecule has 0 aliphatic rings. The SMILES string of the molecule is COc1ccc(NC(=O)COC(=O)c2ccc(S(=O)(=O)Nc3ccc(C)cc3)cc2)c(OC)c1. The van der Waals surface area contributed by atoms with Crippen molar-refractivity contribution < 1.29 is 32.2 Å². The Morgan fingerprint density at radius 2 is 1.56 bits per heavy atom. The van der Waals surface area contributed by atoms with E-state index in [0.717, 1.165) is 5.56 Å². The average molecular weight is 485 g/mol. The van der Waals surface area contributed by atoms with Gasteiger partial charge >= 0.3 is 5.97 Å². The van der Waals surface area contributed by atoms with Crippen LogP contribution in [0.1, 0.15) is 15.9 Å². The summed E-state index contributed by atoms with van der Waals surface area (Å²) in [7, 11) is -0.870. The van der Waals surface area contributed by atoms with Crippen LogP contribution in [0.5, 0.6) is 11.5 Å². The fourth-order valence-corrected chi connectivity index (χ4v) is 3.97. The van der Waals surface area contributed by atoms with E-state index < -0.39 is 28.5 Å². The van der Waals surface area contributed by atoms with Crippen LogP contribution in [0.4, 0.5) is 11.4 Å². The molecule has 9 nitrogen and oxygen atoms in total. The first-order valence-electron chi connectivity index (χ1n) is 10.1. The van der Waals surface area contributed by atoms with Crippen LogP contribution in [-0.2, 0) is 19.6 Å². The standard InChI is InChI=1S/C24H24N2O7S/c1-16-4-8-18(9-5-16)26-34(29,30)20-11-6-17(7-12-20)24(28)33-15-23(27)25-21-13-10-19(31-2)14-22(21)32-3/h4-14,26H,15H2,1-3H3,(H,25,27). The van der Waals surface area contributed by atoms with Crippen LogP contribution in [0.3, 0.4) is 0 Å². The number of carbonyl (C=O) groups excluding carboxylic acids is 2. The Kier molecular flexibility index (Phi) is 7.75. The van der Waals surface area contributed by atoms with Gasteiger partial charge in [0.05, 0.1) is 30.4 Å². The molecule has 0 spiro atoms. The van der Waals surface area contributed by atoms with Crippen LogP contribution in [0.15, 0.2) is 71.6 Å². The lowest BCUT2D eigenvalue weighted by molar-refractivity contribution is -0.119. The van der Waals surface area contributed by atoms with Crippen molar-refractivity contribution in [2.24, 2.45) is 0 Å². The van der Waals surface area contributed by atoms with E-state index in [2.05, 4.69) is 10.0 Å². The van der Waals surface area contributed by atoms with E-state index in [1.165, 1.54) is 38.5 Å². The van der Waals surface area contributed by atoms with Gasteiger partial charge in [0, 0.05) is 11.8 Å². The van der Waals surface area contributed by atoms with Gasteiger partial charge in [0.1, 0.15) is 11.5 Å². The Hall–Kier alpha value is -4.05. The molecular weight excluding hydrogens is 460 g/mol. The molecule has 0 atom stereocenters. The number of benzene rings is 3. The van der Waals surface area contributed by atoms with Crippen LogP contribution >= 0.6 is 0 Å². The first-order valence-corrected chi connectivity index (χ1v) is 11.6. The lowest BCUT2D eigenvalue weighted by Crippen LogP contribution is -2.21. The van der Waals surface area contributed by atoms with Gasteiger partial charge in [-0.25, -0.2) is 13.2 Å². The third kappa shape index (κ3) is 6.26. The minimum absolute atomic E-state index is 0.0195. The van der Waals surface area contributed by atoms with Crippen molar-refractivity contribution in [2.75, 3.05) is 30.9 Å². The summed E-state index contributed by atoms with van der Waals surface area (Å²) in [6.07, 6.45) is 0. The number of hydrogen-bond acceptors (Lipinski definition) is 7. The number of sulfonamides is 1. The van der Waals surface area contributed by atoms with Crippen molar-refractivity contribution in [1.82, 2.24) is 0 Å². The third-order valence-corrected chi connectivity index (χ3v) is 6.12. The molecule has 0 aromatic heterocycles. The molecule has 3 aromatic rings. The number of ether oxygens (including phenoxy) is 3. The maximum Gasteiger partial charge on any atom is 0.338 e. The molecule has 0 saturated carbocycles. The second-order valence-corrected chi connectivity index (χ2v) is 8.87. The predicted octanol–water partition coefficient (Wildman–Crippen LogP) is 3.61. The number of hydrogen-bond donors (Lipinski definition) is 2. The third-order valence-electron chi connectivity index (χ3n) is 4.72. The van der Waals surface area contributed by atoms with Gasteiger partial charge in [-0.2, -0.15) is 0 Å². The van der Waals surface area contributed by atoms with E-state index in [9.17, 15) is 18.0 Å². The molecule has 0 fully saturated rings. The summed E-state index contributed by atoms with van der Waals surface area (Å²) >= 11 is 0. The van der Waals surface area contributed by atoms with Crippen molar-refractivity contribution in [3.05, 3.63) is 77.9 Å². The monoisotopic (exact) mass is 484 g/mol. The largest absolute Gasteiger partial charge is 0.497 e. The first kappa shape index (κ1) is 24.6. The molecule has 0 unspecified atom stereocenters. The Labute approximate surface area is 197 Å². The molecular formula is C24H24N2O7S. The number of anilines is 2. The number of rotatable bonds is 9. The summed E-state index contributed by atoms with van der Waals surface area (Å²) in [4.78, 5) is 24.5. The molecule has 10 heteroatoms. The zero-order valence-corrected chi connectivity index (χ0v) is 19.6. The number of methoxy groups -OCH3 is 2. The van der Waals surface area contributed by atoms with Crippen molar-refractivity contribution >= 4 is 33.3 Å². The lowest BCUT2D eigenvalue weighted by Gasteiger charge is -2.12. The normalized spacial score (nSPS) is 10.8. The van der Waals surface area contributed by atoms with Crippen LogP contribution in [-0.4, -0.2) is 41.1 Å². The van der Waals surface area contributed by atoms with Crippen molar-refractivity contribution in [3.8, 4) is 11.5 Å². The van der Waals surface area contributed by atoms with Gasteiger partial charge in [0.25, 0.3) is 15.9 Å². The molecule has 2 N–H and O–H groups in total. The van der Waals surface area contributed by atoms with Crippen molar-refractivity contribution in [1.29, 1.82) is 0 Å². The summed E-state index contributed by atoms with van der Waals surface area (Å²) < 4.78 is 42.9. The first-order chi connectivity index (χ1) is 16.2. The number of esters is 1. The topological polar surface area (TPSA) is 120 Å². The van der Waals surface area contributed by atoms with E-state index in [1.807, 2.05) is 6.92 Å². The van der Waals surface area contributed by atoms with Gasteiger partial charge < -0.3 is 19.5 Å². The van der Waals surface area contributed by atoms with E-state index >= 15 is 0 Å². The Bertz CT molecular complexity index is 1270. The van der Waals surface area contributed by atoms with Gasteiger partial charge in [0.2, 0.25) is 0 Å². The molecule has 0 saturated heterocycles. The second-order valence-electron chi connectivity index (χ2n) is 7.19. The van der Waals surface area contributed by atoms with Crippen molar-refractivity contribution in [3.63, 3.8) is 0 Å². The van der Waals surface area contributed by atoms with Gasteiger partial charge in [-0.05, 0) is 55.5 Å².